The fourth-order valence-corrected chi connectivity index (χ4v) is 3.68. The Hall–Kier alpha value is -3.74. The zero-order chi connectivity index (χ0) is 19.6. The number of anilines is 1. The molecule has 7 nitrogen and oxygen atoms in total. The van der Waals surface area contributed by atoms with Gasteiger partial charge in [0.05, 0.1) is 11.9 Å². The Bertz CT molecular complexity index is 1190. The van der Waals surface area contributed by atoms with Crippen molar-refractivity contribution in [2.45, 2.75) is 19.3 Å². The number of nitrogens with zero attached hydrogens (tertiary/aromatic N) is 4. The number of benzene rings is 2. The summed E-state index contributed by atoms with van der Waals surface area (Å²) >= 11 is 0. The van der Waals surface area contributed by atoms with Crippen molar-refractivity contribution in [2.75, 3.05) is 11.9 Å². The third kappa shape index (κ3) is 3.42. The van der Waals surface area contributed by atoms with Crippen LogP contribution in [0.3, 0.4) is 0 Å². The molecular weight excluding hydrogens is 366 g/mol. The first-order valence-corrected chi connectivity index (χ1v) is 9.56. The van der Waals surface area contributed by atoms with Gasteiger partial charge < -0.3 is 10.1 Å². The number of amides is 1. The Kier molecular flexibility index (Phi) is 4.40. The molecule has 144 valence electrons. The van der Waals surface area contributed by atoms with Crippen molar-refractivity contribution < 1.29 is 9.53 Å². The van der Waals surface area contributed by atoms with E-state index in [1.165, 1.54) is 23.9 Å². The molecule has 2 aromatic carbocycles. The molecule has 0 saturated carbocycles. The van der Waals surface area contributed by atoms with Gasteiger partial charge in [-0.1, -0.05) is 24.3 Å². The molecule has 1 N–H and O–H groups in total. The molecule has 1 aliphatic carbocycles. The molecule has 0 radical (unpaired) electrons. The molecule has 0 atom stereocenters. The maximum atomic E-state index is 12.3. The molecule has 0 spiro atoms. The van der Waals surface area contributed by atoms with Gasteiger partial charge in [0.25, 0.3) is 5.91 Å². The predicted octanol–water partition coefficient (Wildman–Crippen LogP) is 3.32. The minimum atomic E-state index is -0.231. The highest BCUT2D eigenvalue weighted by atomic mass is 16.5. The van der Waals surface area contributed by atoms with Crippen LogP contribution in [0.5, 0.6) is 5.88 Å². The highest BCUT2D eigenvalue weighted by molar-refractivity contribution is 5.92. The normalized spacial score (nSPS) is 12.7. The summed E-state index contributed by atoms with van der Waals surface area (Å²) in [6.45, 7) is -0.139. The van der Waals surface area contributed by atoms with Crippen molar-refractivity contribution in [1.29, 1.82) is 0 Å². The minimum Gasteiger partial charge on any atom is -0.467 e. The second kappa shape index (κ2) is 7.35. The molecule has 0 bridgehead atoms. The number of para-hydroxylation sites is 1. The fraction of sp³-hybridized carbons (Fsp3) is 0.182. The lowest BCUT2D eigenvalue weighted by molar-refractivity contribution is -0.118. The largest absolute Gasteiger partial charge is 0.467 e. The van der Waals surface area contributed by atoms with Crippen LogP contribution >= 0.6 is 0 Å². The monoisotopic (exact) mass is 385 g/mol. The van der Waals surface area contributed by atoms with Gasteiger partial charge in [0, 0.05) is 5.69 Å². The fourth-order valence-electron chi connectivity index (χ4n) is 3.68. The molecule has 2 aromatic heterocycles. The summed E-state index contributed by atoms with van der Waals surface area (Å²) < 4.78 is 7.40. The van der Waals surface area contributed by atoms with Gasteiger partial charge in [-0.05, 0) is 54.7 Å². The molecule has 0 fully saturated rings. The molecule has 2 heterocycles. The zero-order valence-corrected chi connectivity index (χ0v) is 15.7. The number of hydrogen-bond acceptors (Lipinski definition) is 5. The van der Waals surface area contributed by atoms with Crippen LogP contribution in [0.2, 0.25) is 0 Å². The van der Waals surface area contributed by atoms with Crippen LogP contribution in [0.4, 0.5) is 5.69 Å². The Balaban J connectivity index is 1.31. The van der Waals surface area contributed by atoms with E-state index in [0.29, 0.717) is 16.9 Å². The molecular formula is C22H19N5O2. The summed E-state index contributed by atoms with van der Waals surface area (Å²) in [5.74, 6) is 0.103. The third-order valence-electron chi connectivity index (χ3n) is 5.05. The first kappa shape index (κ1) is 17.4. The molecule has 0 saturated heterocycles. The lowest BCUT2D eigenvalue weighted by atomic mass is 10.1. The number of rotatable bonds is 5. The summed E-state index contributed by atoms with van der Waals surface area (Å²) in [6.07, 6.45) is 6.43. The van der Waals surface area contributed by atoms with Crippen LogP contribution in [-0.4, -0.2) is 32.3 Å². The van der Waals surface area contributed by atoms with Crippen molar-refractivity contribution in [2.24, 2.45) is 0 Å². The topological polar surface area (TPSA) is 81.9 Å². The first-order valence-electron chi connectivity index (χ1n) is 9.56. The molecule has 7 heteroatoms. The quantitative estimate of drug-likeness (QED) is 0.570. The summed E-state index contributed by atoms with van der Waals surface area (Å²) in [7, 11) is 0. The van der Waals surface area contributed by atoms with Gasteiger partial charge in [-0.3, -0.25) is 4.79 Å². The van der Waals surface area contributed by atoms with Crippen molar-refractivity contribution in [1.82, 2.24) is 19.7 Å². The van der Waals surface area contributed by atoms with Gasteiger partial charge in [0.1, 0.15) is 11.7 Å². The van der Waals surface area contributed by atoms with Crippen molar-refractivity contribution in [3.05, 3.63) is 72.2 Å². The molecule has 5 rings (SSSR count). The standard InChI is InChI=1S/C22H19N5O2/c28-20(26-17-10-9-15-5-4-6-16(15)11-17)13-29-22-19-12-25-27(21(19)23-14-24-22)18-7-2-1-3-8-18/h1-3,7-12,14H,4-6,13H2,(H,26,28). The predicted molar refractivity (Wildman–Crippen MR) is 109 cm³/mol. The number of aryl methyl sites for hydroxylation is 2. The molecule has 29 heavy (non-hydrogen) atoms. The van der Waals surface area contributed by atoms with E-state index in [-0.39, 0.29) is 12.5 Å². The summed E-state index contributed by atoms with van der Waals surface area (Å²) in [5.41, 5.74) is 5.00. The average molecular weight is 385 g/mol. The van der Waals surface area contributed by atoms with E-state index in [0.717, 1.165) is 24.2 Å². The molecule has 0 aliphatic heterocycles. The van der Waals surface area contributed by atoms with Gasteiger partial charge in [0.15, 0.2) is 12.3 Å². The number of ether oxygens (including phenoxy) is 1. The van der Waals surface area contributed by atoms with Crippen LogP contribution in [0.1, 0.15) is 17.5 Å². The highest BCUT2D eigenvalue weighted by Gasteiger charge is 2.15. The number of fused-ring (bicyclic) bond motifs is 2. The van der Waals surface area contributed by atoms with E-state index < -0.39 is 0 Å². The van der Waals surface area contributed by atoms with Crippen molar-refractivity contribution >= 4 is 22.6 Å². The molecule has 1 aliphatic rings. The summed E-state index contributed by atoms with van der Waals surface area (Å²) in [4.78, 5) is 20.8. The smallest absolute Gasteiger partial charge is 0.262 e. The third-order valence-corrected chi connectivity index (χ3v) is 5.05. The van der Waals surface area contributed by atoms with E-state index in [1.807, 2.05) is 42.5 Å². The summed E-state index contributed by atoms with van der Waals surface area (Å²) in [6, 6.07) is 15.8. The van der Waals surface area contributed by atoms with E-state index in [4.69, 9.17) is 4.74 Å². The van der Waals surface area contributed by atoms with Gasteiger partial charge in [-0.15, -0.1) is 0 Å². The highest BCUT2D eigenvalue weighted by Crippen LogP contribution is 2.25. The van der Waals surface area contributed by atoms with Crippen LogP contribution in [0, 0.1) is 0 Å². The zero-order valence-electron chi connectivity index (χ0n) is 15.7. The second-order valence-electron chi connectivity index (χ2n) is 6.98. The van der Waals surface area contributed by atoms with Crippen LogP contribution in [0.15, 0.2) is 61.1 Å². The van der Waals surface area contributed by atoms with Crippen molar-refractivity contribution in [3.63, 3.8) is 0 Å². The number of carbonyl (C=O) groups excluding carboxylic acids is 1. The van der Waals surface area contributed by atoms with E-state index in [1.54, 1.807) is 10.9 Å². The van der Waals surface area contributed by atoms with Crippen LogP contribution in [-0.2, 0) is 17.6 Å². The number of carbonyl (C=O) groups is 1. The van der Waals surface area contributed by atoms with Crippen LogP contribution in [0.25, 0.3) is 16.7 Å². The molecule has 4 aromatic rings. The Morgan fingerprint density at radius 1 is 1.07 bits per heavy atom. The SMILES string of the molecule is O=C(COc1ncnc2c1cnn2-c1ccccc1)Nc1ccc2c(c1)CCC2. The lowest BCUT2D eigenvalue weighted by Gasteiger charge is -2.09. The number of nitrogens with one attached hydrogen (secondary N) is 1. The number of aromatic nitrogens is 4. The van der Waals surface area contributed by atoms with Crippen molar-refractivity contribution in [3.8, 4) is 11.6 Å². The minimum absolute atomic E-state index is 0.139. The van der Waals surface area contributed by atoms with Crippen LogP contribution < -0.4 is 10.1 Å². The van der Waals surface area contributed by atoms with E-state index in [9.17, 15) is 4.79 Å². The van der Waals surface area contributed by atoms with Gasteiger partial charge in [-0.2, -0.15) is 5.10 Å². The van der Waals surface area contributed by atoms with E-state index >= 15 is 0 Å². The van der Waals surface area contributed by atoms with E-state index in [2.05, 4.69) is 26.4 Å². The average Bonchev–Trinajstić information content (AvgIpc) is 3.39. The van der Waals surface area contributed by atoms with Gasteiger partial charge in [-0.25, -0.2) is 14.6 Å². The maximum Gasteiger partial charge on any atom is 0.262 e. The Morgan fingerprint density at radius 3 is 2.83 bits per heavy atom. The second-order valence-corrected chi connectivity index (χ2v) is 6.98. The summed E-state index contributed by atoms with van der Waals surface area (Å²) in [5, 5.41) is 7.94. The maximum absolute atomic E-state index is 12.3. The Morgan fingerprint density at radius 2 is 1.93 bits per heavy atom. The van der Waals surface area contributed by atoms with Gasteiger partial charge >= 0.3 is 0 Å². The molecule has 0 unspecified atom stereocenters. The first-order chi connectivity index (χ1) is 14.3. The van der Waals surface area contributed by atoms with Gasteiger partial charge in [0.2, 0.25) is 5.88 Å². The number of hydrogen-bond donors (Lipinski definition) is 1. The molecule has 1 amide bonds. The lowest BCUT2D eigenvalue weighted by Crippen LogP contribution is -2.20. The Labute approximate surface area is 167 Å².